The van der Waals surface area contributed by atoms with Gasteiger partial charge in [0.25, 0.3) is 5.91 Å². The molecule has 4 nitrogen and oxygen atoms in total. The number of ether oxygens (including phenoxy) is 1. The summed E-state index contributed by atoms with van der Waals surface area (Å²) in [5.74, 6) is 0.657. The Morgan fingerprint density at radius 2 is 2.22 bits per heavy atom. The summed E-state index contributed by atoms with van der Waals surface area (Å²) in [6.45, 7) is 0.0759. The molecule has 1 aromatic rings. The highest BCUT2D eigenvalue weighted by atomic mass is 16.5. The lowest BCUT2D eigenvalue weighted by atomic mass is 9.65. The van der Waals surface area contributed by atoms with Crippen molar-refractivity contribution in [2.24, 2.45) is 0 Å². The zero-order chi connectivity index (χ0) is 12.8. The SMILES string of the molecule is CN1C(=O)COc2cc(C3(C#N)CCC3)ccc21. The van der Waals surface area contributed by atoms with Gasteiger partial charge in [0.05, 0.1) is 17.2 Å². The van der Waals surface area contributed by atoms with Crippen LogP contribution >= 0.6 is 0 Å². The Kier molecular flexibility index (Phi) is 2.30. The minimum atomic E-state index is -0.335. The lowest BCUT2D eigenvalue weighted by Gasteiger charge is -2.36. The Hall–Kier alpha value is -2.02. The third-order valence-corrected chi connectivity index (χ3v) is 4.02. The van der Waals surface area contributed by atoms with Crippen LogP contribution in [0.2, 0.25) is 0 Å². The molecular formula is C14H14N2O2. The van der Waals surface area contributed by atoms with Gasteiger partial charge in [0.2, 0.25) is 0 Å². The quantitative estimate of drug-likeness (QED) is 0.756. The van der Waals surface area contributed by atoms with Crippen molar-refractivity contribution in [2.75, 3.05) is 18.6 Å². The zero-order valence-corrected chi connectivity index (χ0v) is 10.3. The zero-order valence-electron chi connectivity index (χ0n) is 10.3. The van der Waals surface area contributed by atoms with Gasteiger partial charge in [0.15, 0.2) is 6.61 Å². The van der Waals surface area contributed by atoms with Crippen molar-refractivity contribution in [3.05, 3.63) is 23.8 Å². The van der Waals surface area contributed by atoms with Crippen LogP contribution in [0.15, 0.2) is 18.2 Å². The molecule has 1 fully saturated rings. The van der Waals surface area contributed by atoms with Gasteiger partial charge < -0.3 is 9.64 Å². The lowest BCUT2D eigenvalue weighted by molar-refractivity contribution is -0.120. The van der Waals surface area contributed by atoms with Crippen LogP contribution in [0.1, 0.15) is 24.8 Å². The molecule has 1 aliphatic carbocycles. The number of carbonyl (C=O) groups is 1. The van der Waals surface area contributed by atoms with Gasteiger partial charge in [-0.15, -0.1) is 0 Å². The average Bonchev–Trinajstić information content (AvgIpc) is 2.33. The Morgan fingerprint density at radius 1 is 1.44 bits per heavy atom. The summed E-state index contributed by atoms with van der Waals surface area (Å²) in [5, 5.41) is 9.33. The van der Waals surface area contributed by atoms with E-state index in [9.17, 15) is 10.1 Å². The smallest absolute Gasteiger partial charge is 0.264 e. The van der Waals surface area contributed by atoms with Crippen molar-refractivity contribution >= 4 is 11.6 Å². The van der Waals surface area contributed by atoms with Gasteiger partial charge >= 0.3 is 0 Å². The Balaban J connectivity index is 2.02. The van der Waals surface area contributed by atoms with Crippen LogP contribution in [0.4, 0.5) is 5.69 Å². The normalized spacial score (nSPS) is 20.4. The first-order valence-electron chi connectivity index (χ1n) is 6.11. The molecule has 2 aliphatic rings. The van der Waals surface area contributed by atoms with E-state index < -0.39 is 0 Å². The van der Waals surface area contributed by atoms with Crippen LogP contribution in [0, 0.1) is 11.3 Å². The summed E-state index contributed by atoms with van der Waals surface area (Å²) >= 11 is 0. The number of rotatable bonds is 1. The summed E-state index contributed by atoms with van der Waals surface area (Å²) < 4.78 is 5.45. The molecule has 1 aliphatic heterocycles. The summed E-state index contributed by atoms with van der Waals surface area (Å²) in [6, 6.07) is 8.16. The van der Waals surface area contributed by atoms with E-state index in [1.54, 1.807) is 11.9 Å². The molecule has 0 spiro atoms. The van der Waals surface area contributed by atoms with E-state index in [0.717, 1.165) is 30.5 Å². The molecule has 0 atom stereocenters. The number of hydrogen-bond donors (Lipinski definition) is 0. The topological polar surface area (TPSA) is 53.3 Å². The van der Waals surface area contributed by atoms with Crippen LogP contribution in [0.3, 0.4) is 0 Å². The highest BCUT2D eigenvalue weighted by Crippen LogP contribution is 2.45. The molecule has 0 N–H and O–H groups in total. The second-order valence-corrected chi connectivity index (χ2v) is 4.97. The molecule has 1 aromatic carbocycles. The van der Waals surface area contributed by atoms with E-state index in [1.807, 2.05) is 18.2 Å². The Bertz CT molecular complexity index is 555. The molecule has 0 unspecified atom stereocenters. The molecule has 3 rings (SSSR count). The maximum absolute atomic E-state index is 11.5. The fourth-order valence-corrected chi connectivity index (χ4v) is 2.57. The molecule has 18 heavy (non-hydrogen) atoms. The Labute approximate surface area is 106 Å². The molecule has 1 heterocycles. The third-order valence-electron chi connectivity index (χ3n) is 4.02. The predicted molar refractivity (Wildman–Crippen MR) is 66.5 cm³/mol. The molecule has 0 aromatic heterocycles. The number of amides is 1. The molecule has 0 saturated heterocycles. The molecular weight excluding hydrogens is 228 g/mol. The average molecular weight is 242 g/mol. The maximum Gasteiger partial charge on any atom is 0.264 e. The van der Waals surface area contributed by atoms with Crippen molar-refractivity contribution in [3.63, 3.8) is 0 Å². The predicted octanol–water partition coefficient (Wildman–Crippen LogP) is 1.99. The van der Waals surface area contributed by atoms with Crippen LogP contribution in [-0.4, -0.2) is 19.6 Å². The van der Waals surface area contributed by atoms with E-state index in [1.165, 1.54) is 0 Å². The van der Waals surface area contributed by atoms with E-state index in [4.69, 9.17) is 4.74 Å². The number of fused-ring (bicyclic) bond motifs is 1. The van der Waals surface area contributed by atoms with E-state index in [0.29, 0.717) is 5.75 Å². The van der Waals surface area contributed by atoms with E-state index in [-0.39, 0.29) is 17.9 Å². The van der Waals surface area contributed by atoms with Crippen molar-refractivity contribution in [1.29, 1.82) is 5.26 Å². The van der Waals surface area contributed by atoms with Crippen molar-refractivity contribution in [1.82, 2.24) is 0 Å². The summed E-state index contributed by atoms with van der Waals surface area (Å²) in [6.07, 6.45) is 2.93. The van der Waals surface area contributed by atoms with Gasteiger partial charge in [-0.05, 0) is 37.0 Å². The van der Waals surface area contributed by atoms with Gasteiger partial charge in [0, 0.05) is 7.05 Å². The molecule has 0 bridgehead atoms. The number of nitrogens with zero attached hydrogens (tertiary/aromatic N) is 2. The fourth-order valence-electron chi connectivity index (χ4n) is 2.57. The second-order valence-electron chi connectivity index (χ2n) is 4.97. The minimum absolute atomic E-state index is 0.0473. The van der Waals surface area contributed by atoms with Gasteiger partial charge in [-0.1, -0.05) is 6.07 Å². The van der Waals surface area contributed by atoms with Crippen molar-refractivity contribution in [3.8, 4) is 11.8 Å². The molecule has 1 amide bonds. The Morgan fingerprint density at radius 3 is 2.83 bits per heavy atom. The standard InChI is InChI=1S/C14H14N2O2/c1-16-11-4-3-10(14(9-15)5-2-6-14)7-12(11)18-8-13(16)17/h3-4,7H,2,5-6,8H2,1H3. The van der Waals surface area contributed by atoms with Crippen LogP contribution in [0.25, 0.3) is 0 Å². The minimum Gasteiger partial charge on any atom is -0.482 e. The van der Waals surface area contributed by atoms with E-state index in [2.05, 4.69) is 6.07 Å². The number of hydrogen-bond acceptors (Lipinski definition) is 3. The van der Waals surface area contributed by atoms with Crippen molar-refractivity contribution in [2.45, 2.75) is 24.7 Å². The number of nitriles is 1. The first-order valence-corrected chi connectivity index (χ1v) is 6.11. The number of benzene rings is 1. The number of likely N-dealkylation sites (N-methyl/N-ethyl adjacent to an activating group) is 1. The fraction of sp³-hybridized carbons (Fsp3) is 0.429. The van der Waals surface area contributed by atoms with Gasteiger partial charge in [-0.25, -0.2) is 0 Å². The number of carbonyl (C=O) groups excluding carboxylic acids is 1. The van der Waals surface area contributed by atoms with E-state index >= 15 is 0 Å². The van der Waals surface area contributed by atoms with Crippen LogP contribution in [0.5, 0.6) is 5.75 Å². The summed E-state index contributed by atoms with van der Waals surface area (Å²) in [7, 11) is 1.74. The first-order chi connectivity index (χ1) is 8.66. The second kappa shape index (κ2) is 3.74. The number of anilines is 1. The molecule has 1 saturated carbocycles. The van der Waals surface area contributed by atoms with Crippen molar-refractivity contribution < 1.29 is 9.53 Å². The monoisotopic (exact) mass is 242 g/mol. The summed E-state index contributed by atoms with van der Waals surface area (Å²) in [5.41, 5.74) is 1.46. The maximum atomic E-state index is 11.5. The molecule has 4 heteroatoms. The first kappa shape index (κ1) is 11.1. The molecule has 92 valence electrons. The van der Waals surface area contributed by atoms with Crippen LogP contribution < -0.4 is 9.64 Å². The highest BCUT2D eigenvalue weighted by Gasteiger charge is 2.39. The third kappa shape index (κ3) is 1.40. The van der Waals surface area contributed by atoms with Gasteiger partial charge in [-0.2, -0.15) is 5.26 Å². The highest BCUT2D eigenvalue weighted by molar-refractivity contribution is 5.97. The van der Waals surface area contributed by atoms with Gasteiger partial charge in [0.1, 0.15) is 5.75 Å². The van der Waals surface area contributed by atoms with Crippen LogP contribution in [-0.2, 0) is 10.2 Å². The lowest BCUT2D eigenvalue weighted by Crippen LogP contribution is -2.36. The largest absolute Gasteiger partial charge is 0.482 e. The molecule has 0 radical (unpaired) electrons. The summed E-state index contributed by atoms with van der Waals surface area (Å²) in [4.78, 5) is 13.1. The van der Waals surface area contributed by atoms with Gasteiger partial charge in [-0.3, -0.25) is 4.79 Å².